The SMILES string of the molecule is CCOC(=O)[C@H](CC)[C@@H](O[Si](C)(CC(C)(C)C)C(=O)OC(C)(C)C)N1CCCC1. The van der Waals surface area contributed by atoms with Gasteiger partial charge < -0.3 is 13.9 Å². The van der Waals surface area contributed by atoms with E-state index in [0.717, 1.165) is 25.9 Å². The highest BCUT2D eigenvalue weighted by atomic mass is 28.4. The van der Waals surface area contributed by atoms with Gasteiger partial charge in [-0.1, -0.05) is 27.7 Å². The van der Waals surface area contributed by atoms with E-state index < -0.39 is 26.1 Å². The van der Waals surface area contributed by atoms with Gasteiger partial charge >= 0.3 is 19.9 Å². The molecule has 0 radical (unpaired) electrons. The maximum absolute atomic E-state index is 13.3. The minimum Gasteiger partial charge on any atom is -0.466 e. The fraction of sp³-hybridized carbons (Fsp3) is 0.909. The van der Waals surface area contributed by atoms with Crippen molar-refractivity contribution in [2.75, 3.05) is 19.7 Å². The maximum Gasteiger partial charge on any atom is 0.316 e. The lowest BCUT2D eigenvalue weighted by Crippen LogP contribution is -2.57. The highest BCUT2D eigenvalue weighted by Crippen LogP contribution is 2.34. The summed E-state index contributed by atoms with van der Waals surface area (Å²) < 4.78 is 17.9. The van der Waals surface area contributed by atoms with Gasteiger partial charge in [-0.25, -0.2) is 0 Å². The Bertz CT molecular complexity index is 548. The van der Waals surface area contributed by atoms with Crippen LogP contribution in [-0.2, 0) is 18.7 Å². The molecule has 0 bridgehead atoms. The van der Waals surface area contributed by atoms with E-state index in [1.807, 2.05) is 41.2 Å². The fourth-order valence-electron chi connectivity index (χ4n) is 3.97. The van der Waals surface area contributed by atoms with Gasteiger partial charge in [-0.15, -0.1) is 0 Å². The second-order valence-electron chi connectivity index (χ2n) is 10.5. The van der Waals surface area contributed by atoms with Crippen LogP contribution in [0.1, 0.15) is 74.7 Å². The van der Waals surface area contributed by atoms with E-state index in [9.17, 15) is 9.59 Å². The third-order valence-corrected chi connectivity index (χ3v) is 8.42. The molecule has 1 aliphatic rings. The molecule has 0 amide bonds. The summed E-state index contributed by atoms with van der Waals surface area (Å²) in [4.78, 5) is 28.2. The van der Waals surface area contributed by atoms with Gasteiger partial charge in [0.25, 0.3) is 0 Å². The summed E-state index contributed by atoms with van der Waals surface area (Å²) in [6.07, 6.45) is 2.30. The quantitative estimate of drug-likeness (QED) is 0.373. The lowest BCUT2D eigenvalue weighted by Gasteiger charge is -2.41. The Labute approximate surface area is 178 Å². The zero-order valence-electron chi connectivity index (χ0n) is 20.1. The van der Waals surface area contributed by atoms with Gasteiger partial charge in [-0.2, -0.15) is 0 Å². The van der Waals surface area contributed by atoms with Gasteiger partial charge in [0.05, 0.1) is 12.5 Å². The molecule has 1 rings (SSSR count). The van der Waals surface area contributed by atoms with Gasteiger partial charge in [0.15, 0.2) is 0 Å². The van der Waals surface area contributed by atoms with E-state index in [4.69, 9.17) is 13.9 Å². The van der Waals surface area contributed by atoms with Crippen molar-refractivity contribution in [1.82, 2.24) is 4.90 Å². The van der Waals surface area contributed by atoms with Gasteiger partial charge in [0, 0.05) is 13.1 Å². The largest absolute Gasteiger partial charge is 0.466 e. The minimum atomic E-state index is -2.99. The summed E-state index contributed by atoms with van der Waals surface area (Å²) in [7, 11) is -2.99. The molecular weight excluding hydrogens is 386 g/mol. The third kappa shape index (κ3) is 8.38. The second kappa shape index (κ2) is 10.4. The third-order valence-electron chi connectivity index (χ3n) is 4.95. The number of esters is 1. The first-order valence-corrected chi connectivity index (χ1v) is 13.7. The Hall–Kier alpha value is -0.923. The van der Waals surface area contributed by atoms with Crippen molar-refractivity contribution in [3.8, 4) is 0 Å². The van der Waals surface area contributed by atoms with E-state index in [1.54, 1.807) is 0 Å². The topological polar surface area (TPSA) is 65.1 Å². The Morgan fingerprint density at radius 3 is 2.00 bits per heavy atom. The molecule has 3 atom stereocenters. The Balaban J connectivity index is 3.27. The predicted octanol–water partition coefficient (Wildman–Crippen LogP) is 5.15. The number of hydrogen-bond acceptors (Lipinski definition) is 6. The lowest BCUT2D eigenvalue weighted by molar-refractivity contribution is -0.156. The first kappa shape index (κ1) is 26.1. The Kier molecular flexibility index (Phi) is 9.36. The van der Waals surface area contributed by atoms with Crippen LogP contribution in [0.3, 0.4) is 0 Å². The first-order chi connectivity index (χ1) is 13.2. The van der Waals surface area contributed by atoms with Gasteiger partial charge in [0.2, 0.25) is 0 Å². The number of ether oxygens (including phenoxy) is 2. The molecule has 1 unspecified atom stereocenters. The first-order valence-electron chi connectivity index (χ1n) is 11.0. The lowest BCUT2D eigenvalue weighted by atomic mass is 10.0. The second-order valence-corrected chi connectivity index (χ2v) is 13.9. The van der Waals surface area contributed by atoms with E-state index in [-0.39, 0.29) is 17.0 Å². The highest BCUT2D eigenvalue weighted by molar-refractivity contribution is 6.99. The molecule has 29 heavy (non-hydrogen) atoms. The maximum atomic E-state index is 13.3. The van der Waals surface area contributed by atoms with Gasteiger partial charge in [0.1, 0.15) is 11.8 Å². The van der Waals surface area contributed by atoms with Crippen molar-refractivity contribution in [2.24, 2.45) is 11.3 Å². The van der Waals surface area contributed by atoms with E-state index in [2.05, 4.69) is 25.7 Å². The van der Waals surface area contributed by atoms with Gasteiger partial charge in [-0.3, -0.25) is 14.5 Å². The molecule has 1 saturated heterocycles. The van der Waals surface area contributed by atoms with Gasteiger partial charge in [-0.05, 0) is 65.0 Å². The van der Waals surface area contributed by atoms with Crippen LogP contribution in [0, 0.1) is 11.3 Å². The average molecular weight is 430 g/mol. The zero-order chi connectivity index (χ0) is 22.5. The fourth-order valence-corrected chi connectivity index (χ4v) is 7.68. The molecule has 1 fully saturated rings. The van der Waals surface area contributed by atoms with Crippen molar-refractivity contribution in [1.29, 1.82) is 0 Å². The number of nitrogens with zero attached hydrogens (tertiary/aromatic N) is 1. The molecule has 0 saturated carbocycles. The highest BCUT2D eigenvalue weighted by Gasteiger charge is 2.50. The summed E-state index contributed by atoms with van der Waals surface area (Å²) >= 11 is 0. The molecule has 6 nitrogen and oxygen atoms in total. The van der Waals surface area contributed by atoms with Crippen LogP contribution in [0.5, 0.6) is 0 Å². The van der Waals surface area contributed by atoms with Crippen molar-refractivity contribution in [2.45, 2.75) is 99.1 Å². The Morgan fingerprint density at radius 2 is 1.59 bits per heavy atom. The van der Waals surface area contributed by atoms with Crippen LogP contribution in [0.25, 0.3) is 0 Å². The molecule has 7 heteroatoms. The number of hydrogen-bond donors (Lipinski definition) is 0. The standard InChI is InChI=1S/C22H43NO5Si/c1-10-17(19(24)26-11-2)18(23-14-12-13-15-23)28-29(9,16-21(3,4)5)20(25)27-22(6,7)8/h17-18H,10-16H2,1-9H3/t17-,18-,29?/m1/s1. The van der Waals surface area contributed by atoms with Crippen molar-refractivity contribution >= 4 is 19.9 Å². The molecule has 0 spiro atoms. The van der Waals surface area contributed by atoms with E-state index in [0.29, 0.717) is 19.1 Å². The van der Waals surface area contributed by atoms with Crippen LogP contribution < -0.4 is 0 Å². The molecule has 0 aromatic carbocycles. The predicted molar refractivity (Wildman–Crippen MR) is 118 cm³/mol. The van der Waals surface area contributed by atoms with Crippen LogP contribution in [0.15, 0.2) is 0 Å². The summed E-state index contributed by atoms with van der Waals surface area (Å²) in [5, 5.41) is 0. The van der Waals surface area contributed by atoms with Crippen LogP contribution in [0.2, 0.25) is 12.6 Å². The minimum absolute atomic E-state index is 0.0981. The molecule has 170 valence electrons. The van der Waals surface area contributed by atoms with Crippen LogP contribution >= 0.6 is 0 Å². The van der Waals surface area contributed by atoms with E-state index in [1.165, 1.54) is 0 Å². The summed E-state index contributed by atoms with van der Waals surface area (Å²) in [5.41, 5.74) is -0.928. The molecule has 0 aromatic heterocycles. The van der Waals surface area contributed by atoms with Crippen molar-refractivity contribution < 1.29 is 23.5 Å². The number of carbonyl (C=O) groups excluding carboxylic acids is 2. The van der Waals surface area contributed by atoms with Crippen LogP contribution in [-0.4, -0.2) is 56.3 Å². The average Bonchev–Trinajstić information content (AvgIpc) is 3.05. The molecular formula is C22H43NO5Si. The molecule has 0 aliphatic carbocycles. The zero-order valence-corrected chi connectivity index (χ0v) is 21.1. The monoisotopic (exact) mass is 429 g/mol. The summed E-state index contributed by atoms with van der Waals surface area (Å²) in [6, 6.07) is 0.624. The molecule has 0 aromatic rings. The number of carbonyl (C=O) groups is 2. The Morgan fingerprint density at radius 1 is 1.03 bits per heavy atom. The molecule has 0 N–H and O–H groups in total. The van der Waals surface area contributed by atoms with Crippen molar-refractivity contribution in [3.63, 3.8) is 0 Å². The normalized spacial score (nSPS) is 20.0. The summed E-state index contributed by atoms with van der Waals surface area (Å²) in [6.45, 7) is 19.8. The van der Waals surface area contributed by atoms with Crippen LogP contribution in [0.4, 0.5) is 4.79 Å². The summed E-state index contributed by atoms with van der Waals surface area (Å²) in [5.74, 6) is -0.662. The number of likely N-dealkylation sites (tertiary alicyclic amines) is 1. The molecule has 1 aliphatic heterocycles. The van der Waals surface area contributed by atoms with E-state index >= 15 is 0 Å². The van der Waals surface area contributed by atoms with Crippen molar-refractivity contribution in [3.05, 3.63) is 0 Å². The number of rotatable bonds is 9. The smallest absolute Gasteiger partial charge is 0.316 e. The molecule has 1 heterocycles.